The maximum absolute atomic E-state index is 10.3. The van der Waals surface area contributed by atoms with E-state index in [1.165, 1.54) is 12.0 Å². The lowest BCUT2D eigenvalue weighted by Gasteiger charge is -2.31. The van der Waals surface area contributed by atoms with E-state index in [0.29, 0.717) is 5.92 Å². The SMILES string of the molecule is COc1c(C(O)C2CCC2)ccc(C)c1C. The smallest absolute Gasteiger partial charge is 0.127 e. The Morgan fingerprint density at radius 3 is 2.50 bits per heavy atom. The fraction of sp³-hybridized carbons (Fsp3) is 0.571. The Balaban J connectivity index is 2.35. The lowest BCUT2D eigenvalue weighted by atomic mass is 9.78. The summed E-state index contributed by atoms with van der Waals surface area (Å²) in [5, 5.41) is 10.3. The van der Waals surface area contributed by atoms with Crippen molar-refractivity contribution in [2.45, 2.75) is 39.2 Å². The minimum absolute atomic E-state index is 0.358. The van der Waals surface area contributed by atoms with Crippen molar-refractivity contribution in [3.8, 4) is 5.75 Å². The highest BCUT2D eigenvalue weighted by Gasteiger charge is 2.29. The van der Waals surface area contributed by atoms with E-state index in [2.05, 4.69) is 13.0 Å². The second kappa shape index (κ2) is 4.46. The maximum atomic E-state index is 10.3. The van der Waals surface area contributed by atoms with Crippen LogP contribution in [0.4, 0.5) is 0 Å². The zero-order valence-corrected chi connectivity index (χ0v) is 10.3. The van der Waals surface area contributed by atoms with Crippen molar-refractivity contribution in [2.75, 3.05) is 7.11 Å². The third kappa shape index (κ3) is 1.82. The van der Waals surface area contributed by atoms with Gasteiger partial charge in [0.25, 0.3) is 0 Å². The number of aliphatic hydroxyl groups excluding tert-OH is 1. The Labute approximate surface area is 97.3 Å². The van der Waals surface area contributed by atoms with Gasteiger partial charge in [-0.25, -0.2) is 0 Å². The van der Waals surface area contributed by atoms with Gasteiger partial charge < -0.3 is 9.84 Å². The van der Waals surface area contributed by atoms with Crippen molar-refractivity contribution in [1.82, 2.24) is 0 Å². The van der Waals surface area contributed by atoms with Crippen molar-refractivity contribution in [3.63, 3.8) is 0 Å². The fourth-order valence-electron chi connectivity index (χ4n) is 2.32. The highest BCUT2D eigenvalue weighted by Crippen LogP contribution is 2.41. The van der Waals surface area contributed by atoms with Crippen molar-refractivity contribution in [1.29, 1.82) is 0 Å². The summed E-state index contributed by atoms with van der Waals surface area (Å²) in [5.41, 5.74) is 3.30. The van der Waals surface area contributed by atoms with E-state index in [9.17, 15) is 5.11 Å². The number of rotatable bonds is 3. The van der Waals surface area contributed by atoms with Gasteiger partial charge in [0.15, 0.2) is 0 Å². The number of hydrogen-bond acceptors (Lipinski definition) is 2. The van der Waals surface area contributed by atoms with Crippen LogP contribution in [0.15, 0.2) is 12.1 Å². The van der Waals surface area contributed by atoms with Crippen molar-refractivity contribution in [3.05, 3.63) is 28.8 Å². The minimum atomic E-state index is -0.358. The van der Waals surface area contributed by atoms with E-state index >= 15 is 0 Å². The maximum Gasteiger partial charge on any atom is 0.127 e. The Hall–Kier alpha value is -1.02. The van der Waals surface area contributed by atoms with Gasteiger partial charge in [0.05, 0.1) is 13.2 Å². The van der Waals surface area contributed by atoms with E-state index in [-0.39, 0.29) is 6.10 Å². The van der Waals surface area contributed by atoms with Crippen LogP contribution in [0.1, 0.15) is 42.1 Å². The van der Waals surface area contributed by atoms with Gasteiger partial charge >= 0.3 is 0 Å². The molecule has 1 unspecified atom stereocenters. The third-order valence-corrected chi connectivity index (χ3v) is 3.83. The van der Waals surface area contributed by atoms with Gasteiger partial charge in [-0.15, -0.1) is 0 Å². The van der Waals surface area contributed by atoms with Gasteiger partial charge in [0, 0.05) is 5.56 Å². The number of ether oxygens (including phenoxy) is 1. The van der Waals surface area contributed by atoms with Crippen LogP contribution >= 0.6 is 0 Å². The first-order chi connectivity index (χ1) is 7.65. The minimum Gasteiger partial charge on any atom is -0.496 e. The van der Waals surface area contributed by atoms with Crippen LogP contribution in [0.25, 0.3) is 0 Å². The third-order valence-electron chi connectivity index (χ3n) is 3.83. The number of aliphatic hydroxyl groups is 1. The molecule has 1 atom stereocenters. The molecule has 0 heterocycles. The Morgan fingerprint density at radius 2 is 2.00 bits per heavy atom. The number of aryl methyl sites for hydroxylation is 1. The van der Waals surface area contributed by atoms with Crippen LogP contribution in [0.2, 0.25) is 0 Å². The van der Waals surface area contributed by atoms with Crippen molar-refractivity contribution in [2.24, 2.45) is 5.92 Å². The Kier molecular flexibility index (Phi) is 3.20. The molecule has 2 heteroatoms. The van der Waals surface area contributed by atoms with Gasteiger partial charge in [-0.05, 0) is 43.7 Å². The van der Waals surface area contributed by atoms with Crippen LogP contribution < -0.4 is 4.74 Å². The van der Waals surface area contributed by atoms with Crippen molar-refractivity contribution < 1.29 is 9.84 Å². The average Bonchev–Trinajstić information content (AvgIpc) is 2.19. The number of methoxy groups -OCH3 is 1. The molecular formula is C14H20O2. The summed E-state index contributed by atoms with van der Waals surface area (Å²) in [6, 6.07) is 4.07. The fourth-order valence-corrected chi connectivity index (χ4v) is 2.32. The van der Waals surface area contributed by atoms with Crippen LogP contribution in [0.5, 0.6) is 5.75 Å². The van der Waals surface area contributed by atoms with Crippen LogP contribution in [-0.2, 0) is 0 Å². The predicted molar refractivity (Wildman–Crippen MR) is 64.8 cm³/mol. The van der Waals surface area contributed by atoms with Gasteiger partial charge in [0.1, 0.15) is 5.75 Å². The molecule has 1 N–H and O–H groups in total. The normalized spacial score (nSPS) is 18.0. The Bertz CT molecular complexity index is 381. The van der Waals surface area contributed by atoms with Crippen molar-refractivity contribution >= 4 is 0 Å². The second-order valence-electron chi connectivity index (χ2n) is 4.77. The predicted octanol–water partition coefficient (Wildman–Crippen LogP) is 3.15. The summed E-state index contributed by atoms with van der Waals surface area (Å²) in [6.07, 6.45) is 3.16. The van der Waals surface area contributed by atoms with Crippen LogP contribution in [0.3, 0.4) is 0 Å². The van der Waals surface area contributed by atoms with E-state index < -0.39 is 0 Å². The molecule has 0 spiro atoms. The summed E-state index contributed by atoms with van der Waals surface area (Å²) in [7, 11) is 1.68. The molecule has 0 aromatic heterocycles. The van der Waals surface area contributed by atoms with Crippen LogP contribution in [-0.4, -0.2) is 12.2 Å². The molecule has 88 valence electrons. The van der Waals surface area contributed by atoms with E-state index in [1.54, 1.807) is 7.11 Å². The molecule has 2 nitrogen and oxygen atoms in total. The molecule has 1 aromatic rings. The van der Waals surface area contributed by atoms with Gasteiger partial charge in [-0.1, -0.05) is 18.6 Å². The first kappa shape index (κ1) is 11.5. The molecule has 1 saturated carbocycles. The number of benzene rings is 1. The summed E-state index contributed by atoms with van der Waals surface area (Å²) in [5.74, 6) is 1.29. The highest BCUT2D eigenvalue weighted by atomic mass is 16.5. The van der Waals surface area contributed by atoms with E-state index in [4.69, 9.17) is 4.74 Å². The van der Waals surface area contributed by atoms with Gasteiger partial charge in [-0.3, -0.25) is 0 Å². The largest absolute Gasteiger partial charge is 0.496 e. The zero-order chi connectivity index (χ0) is 11.7. The van der Waals surface area contributed by atoms with Gasteiger partial charge in [0.2, 0.25) is 0 Å². The zero-order valence-electron chi connectivity index (χ0n) is 10.3. The van der Waals surface area contributed by atoms with Gasteiger partial charge in [-0.2, -0.15) is 0 Å². The molecule has 0 aliphatic heterocycles. The Morgan fingerprint density at radius 1 is 1.31 bits per heavy atom. The lowest BCUT2D eigenvalue weighted by molar-refractivity contribution is 0.0600. The first-order valence-corrected chi connectivity index (χ1v) is 5.97. The summed E-state index contributed by atoms with van der Waals surface area (Å²) >= 11 is 0. The van der Waals surface area contributed by atoms with E-state index in [0.717, 1.165) is 29.7 Å². The van der Waals surface area contributed by atoms with E-state index in [1.807, 2.05) is 13.0 Å². The molecule has 0 bridgehead atoms. The molecule has 1 aliphatic rings. The molecule has 0 saturated heterocycles. The monoisotopic (exact) mass is 220 g/mol. The highest BCUT2D eigenvalue weighted by molar-refractivity contribution is 5.46. The summed E-state index contributed by atoms with van der Waals surface area (Å²) in [6.45, 7) is 4.11. The second-order valence-corrected chi connectivity index (χ2v) is 4.77. The average molecular weight is 220 g/mol. The molecule has 1 aromatic carbocycles. The molecular weight excluding hydrogens is 200 g/mol. The molecule has 1 fully saturated rings. The molecule has 0 amide bonds. The summed E-state index contributed by atoms with van der Waals surface area (Å²) < 4.78 is 5.44. The molecule has 16 heavy (non-hydrogen) atoms. The first-order valence-electron chi connectivity index (χ1n) is 5.97. The number of hydrogen-bond donors (Lipinski definition) is 1. The summed E-state index contributed by atoms with van der Waals surface area (Å²) in [4.78, 5) is 0. The topological polar surface area (TPSA) is 29.5 Å². The quantitative estimate of drug-likeness (QED) is 0.848. The standard InChI is InChI=1S/C14H20O2/c1-9-7-8-12(14(16-3)10(9)2)13(15)11-5-4-6-11/h7-8,11,13,15H,4-6H2,1-3H3. The molecule has 0 radical (unpaired) electrons. The molecule has 2 rings (SSSR count). The van der Waals surface area contributed by atoms with Crippen LogP contribution in [0, 0.1) is 19.8 Å². The lowest BCUT2D eigenvalue weighted by Crippen LogP contribution is -2.20. The molecule has 1 aliphatic carbocycles.